The van der Waals surface area contributed by atoms with E-state index in [-0.39, 0.29) is 0 Å². The first-order chi connectivity index (χ1) is 9.72. The molecule has 0 bridgehead atoms. The van der Waals surface area contributed by atoms with Gasteiger partial charge in [-0.25, -0.2) is 0 Å². The predicted octanol–water partition coefficient (Wildman–Crippen LogP) is 5.32. The van der Waals surface area contributed by atoms with E-state index in [1.165, 1.54) is 35.6 Å². The van der Waals surface area contributed by atoms with Crippen molar-refractivity contribution < 1.29 is 0 Å². The Labute approximate surface area is 123 Å². The number of hydrogen-bond acceptors (Lipinski definition) is 1. The van der Waals surface area contributed by atoms with Crippen LogP contribution in [0, 0.1) is 5.92 Å². The molecule has 20 heavy (non-hydrogen) atoms. The second kappa shape index (κ2) is 7.44. The largest absolute Gasteiger partial charge is 0.310 e. The highest BCUT2D eigenvalue weighted by Gasteiger charge is 2.13. The minimum atomic E-state index is 0.477. The molecule has 0 heterocycles. The Bertz CT molecular complexity index is 525. The third-order valence-corrected chi connectivity index (χ3v) is 3.92. The molecule has 0 aliphatic carbocycles. The molecule has 0 aromatic heterocycles. The fourth-order valence-electron chi connectivity index (χ4n) is 2.90. The molecule has 2 aromatic carbocycles. The lowest BCUT2D eigenvalue weighted by atomic mass is 9.94. The summed E-state index contributed by atoms with van der Waals surface area (Å²) in [5.74, 6) is 0.796. The van der Waals surface area contributed by atoms with Crippen molar-refractivity contribution in [3.8, 4) is 0 Å². The quantitative estimate of drug-likeness (QED) is 0.717. The molecule has 0 aliphatic rings. The Kier molecular flexibility index (Phi) is 5.60. The van der Waals surface area contributed by atoms with Crippen LogP contribution in [-0.4, -0.2) is 6.54 Å². The van der Waals surface area contributed by atoms with Crippen molar-refractivity contribution in [2.24, 2.45) is 5.92 Å². The Balaban J connectivity index is 2.22. The molecule has 0 fully saturated rings. The summed E-state index contributed by atoms with van der Waals surface area (Å²) in [6.07, 6.45) is 3.82. The first kappa shape index (κ1) is 15.1. The van der Waals surface area contributed by atoms with Gasteiger partial charge >= 0.3 is 0 Å². The van der Waals surface area contributed by atoms with Crippen LogP contribution in [0.3, 0.4) is 0 Å². The van der Waals surface area contributed by atoms with Gasteiger partial charge in [-0.3, -0.25) is 0 Å². The molecule has 2 aromatic rings. The van der Waals surface area contributed by atoms with Crippen LogP contribution in [0.4, 0.5) is 0 Å². The van der Waals surface area contributed by atoms with E-state index in [4.69, 9.17) is 0 Å². The zero-order valence-electron chi connectivity index (χ0n) is 13.0. The SMILES string of the molecule is CCNC(CCCC(C)C)c1cccc2ccccc12. The molecule has 1 atom stereocenters. The van der Waals surface area contributed by atoms with Crippen LogP contribution >= 0.6 is 0 Å². The topological polar surface area (TPSA) is 12.0 Å². The van der Waals surface area contributed by atoms with Crippen LogP contribution in [-0.2, 0) is 0 Å². The molecule has 0 saturated heterocycles. The number of benzene rings is 2. The van der Waals surface area contributed by atoms with E-state index < -0.39 is 0 Å². The second-order valence-corrected chi connectivity index (χ2v) is 6.00. The Morgan fingerprint density at radius 2 is 1.70 bits per heavy atom. The van der Waals surface area contributed by atoms with Gasteiger partial charge in [-0.15, -0.1) is 0 Å². The van der Waals surface area contributed by atoms with Gasteiger partial charge in [-0.1, -0.05) is 76.1 Å². The molecule has 1 N–H and O–H groups in total. The maximum absolute atomic E-state index is 3.66. The minimum Gasteiger partial charge on any atom is -0.310 e. The van der Waals surface area contributed by atoms with Crippen molar-refractivity contribution in [2.45, 2.75) is 46.1 Å². The zero-order chi connectivity index (χ0) is 14.4. The van der Waals surface area contributed by atoms with Gasteiger partial charge in [0.2, 0.25) is 0 Å². The highest BCUT2D eigenvalue weighted by atomic mass is 14.9. The van der Waals surface area contributed by atoms with Gasteiger partial charge in [0, 0.05) is 6.04 Å². The van der Waals surface area contributed by atoms with Crippen molar-refractivity contribution in [1.29, 1.82) is 0 Å². The molecule has 2 rings (SSSR count). The van der Waals surface area contributed by atoms with E-state index >= 15 is 0 Å². The average molecular weight is 269 g/mol. The van der Waals surface area contributed by atoms with Gasteiger partial charge in [0.1, 0.15) is 0 Å². The summed E-state index contributed by atoms with van der Waals surface area (Å²) in [6, 6.07) is 15.9. The van der Waals surface area contributed by atoms with Crippen molar-refractivity contribution >= 4 is 10.8 Å². The highest BCUT2D eigenvalue weighted by molar-refractivity contribution is 5.86. The normalized spacial score (nSPS) is 13.0. The van der Waals surface area contributed by atoms with Crippen molar-refractivity contribution in [1.82, 2.24) is 5.32 Å². The van der Waals surface area contributed by atoms with Gasteiger partial charge in [-0.05, 0) is 35.2 Å². The molecule has 108 valence electrons. The maximum atomic E-state index is 3.66. The molecular formula is C19H27N. The van der Waals surface area contributed by atoms with E-state index in [0.29, 0.717) is 6.04 Å². The minimum absolute atomic E-state index is 0.477. The first-order valence-electron chi connectivity index (χ1n) is 7.93. The molecule has 1 heteroatoms. The molecule has 1 unspecified atom stereocenters. The van der Waals surface area contributed by atoms with Crippen LogP contribution in [0.25, 0.3) is 10.8 Å². The number of hydrogen-bond donors (Lipinski definition) is 1. The van der Waals surface area contributed by atoms with Gasteiger partial charge in [-0.2, -0.15) is 0 Å². The van der Waals surface area contributed by atoms with Crippen LogP contribution in [0.15, 0.2) is 42.5 Å². The molecule has 0 radical (unpaired) electrons. The summed E-state index contributed by atoms with van der Waals surface area (Å²) in [4.78, 5) is 0. The Morgan fingerprint density at radius 3 is 2.45 bits per heavy atom. The van der Waals surface area contributed by atoms with Crippen LogP contribution in [0.5, 0.6) is 0 Å². The van der Waals surface area contributed by atoms with Gasteiger partial charge in [0.25, 0.3) is 0 Å². The third kappa shape index (κ3) is 3.83. The van der Waals surface area contributed by atoms with E-state index in [1.807, 2.05) is 0 Å². The van der Waals surface area contributed by atoms with Crippen molar-refractivity contribution in [3.05, 3.63) is 48.0 Å². The zero-order valence-corrected chi connectivity index (χ0v) is 13.0. The van der Waals surface area contributed by atoms with Crippen molar-refractivity contribution in [3.63, 3.8) is 0 Å². The molecular weight excluding hydrogens is 242 g/mol. The van der Waals surface area contributed by atoms with E-state index in [0.717, 1.165) is 12.5 Å². The molecule has 0 amide bonds. The Morgan fingerprint density at radius 1 is 0.950 bits per heavy atom. The highest BCUT2D eigenvalue weighted by Crippen LogP contribution is 2.28. The summed E-state index contributed by atoms with van der Waals surface area (Å²) in [6.45, 7) is 7.83. The Hall–Kier alpha value is -1.34. The first-order valence-corrected chi connectivity index (χ1v) is 7.93. The van der Waals surface area contributed by atoms with E-state index in [9.17, 15) is 0 Å². The van der Waals surface area contributed by atoms with Gasteiger partial charge in [0.05, 0.1) is 0 Å². The lowest BCUT2D eigenvalue weighted by Gasteiger charge is -2.20. The second-order valence-electron chi connectivity index (χ2n) is 6.00. The van der Waals surface area contributed by atoms with Crippen molar-refractivity contribution in [2.75, 3.05) is 6.54 Å². The summed E-state index contributed by atoms with van der Waals surface area (Å²) in [7, 11) is 0. The maximum Gasteiger partial charge on any atom is 0.0326 e. The standard InChI is InChI=1S/C19H27N/c1-4-20-19(14-7-9-15(2)3)18-13-8-11-16-10-5-6-12-17(16)18/h5-6,8,10-13,15,19-20H,4,7,9,14H2,1-3H3. The number of rotatable bonds is 7. The molecule has 1 nitrogen and oxygen atoms in total. The lowest BCUT2D eigenvalue weighted by Crippen LogP contribution is -2.21. The number of nitrogens with one attached hydrogen (secondary N) is 1. The monoisotopic (exact) mass is 269 g/mol. The summed E-state index contributed by atoms with van der Waals surface area (Å²) >= 11 is 0. The van der Waals surface area contributed by atoms with E-state index in [1.54, 1.807) is 0 Å². The van der Waals surface area contributed by atoms with Gasteiger partial charge in [0.15, 0.2) is 0 Å². The lowest BCUT2D eigenvalue weighted by molar-refractivity contribution is 0.457. The summed E-state index contributed by atoms with van der Waals surface area (Å²) in [5.41, 5.74) is 1.45. The molecule has 0 spiro atoms. The molecule has 0 saturated carbocycles. The third-order valence-electron chi connectivity index (χ3n) is 3.92. The smallest absolute Gasteiger partial charge is 0.0326 e. The summed E-state index contributed by atoms with van der Waals surface area (Å²) < 4.78 is 0. The fourth-order valence-corrected chi connectivity index (χ4v) is 2.90. The molecule has 0 aliphatic heterocycles. The van der Waals surface area contributed by atoms with Crippen LogP contribution in [0.1, 0.15) is 51.6 Å². The van der Waals surface area contributed by atoms with E-state index in [2.05, 4.69) is 68.6 Å². The van der Waals surface area contributed by atoms with Crippen LogP contribution in [0.2, 0.25) is 0 Å². The fraction of sp³-hybridized carbons (Fsp3) is 0.474. The van der Waals surface area contributed by atoms with Gasteiger partial charge < -0.3 is 5.32 Å². The average Bonchev–Trinajstić information content (AvgIpc) is 2.45. The summed E-state index contributed by atoms with van der Waals surface area (Å²) in [5, 5.41) is 6.40. The van der Waals surface area contributed by atoms with Crippen LogP contribution < -0.4 is 5.32 Å². The predicted molar refractivity (Wildman–Crippen MR) is 89.1 cm³/mol. The number of fused-ring (bicyclic) bond motifs is 1.